The standard InChI is InChI=1S/C15H23N3O2S/c1-9(13-7-10-2-3-11(13)6-10)18-15-8-12(21(17,19)20)4-5-14(15)16/h4-5,8-11,13,18H,2-3,6-7,16H2,1H3,(H2,17,19,20). The van der Waals surface area contributed by atoms with Crippen LogP contribution in [0.4, 0.5) is 11.4 Å². The van der Waals surface area contributed by atoms with Crippen LogP contribution in [0.3, 0.4) is 0 Å². The van der Waals surface area contributed by atoms with Crippen LogP contribution < -0.4 is 16.2 Å². The van der Waals surface area contributed by atoms with Crippen molar-refractivity contribution in [2.75, 3.05) is 11.1 Å². The molecule has 0 radical (unpaired) electrons. The minimum Gasteiger partial charge on any atom is -0.397 e. The number of nitrogen functional groups attached to an aromatic ring is 1. The van der Waals surface area contributed by atoms with Crippen molar-refractivity contribution < 1.29 is 8.42 Å². The van der Waals surface area contributed by atoms with E-state index < -0.39 is 10.0 Å². The van der Waals surface area contributed by atoms with Crippen molar-refractivity contribution in [2.45, 2.75) is 43.5 Å². The third-order valence-electron chi connectivity index (χ3n) is 5.17. The minimum absolute atomic E-state index is 0.0966. The topological polar surface area (TPSA) is 98.2 Å². The number of nitrogens with two attached hydrogens (primary N) is 2. The molecule has 116 valence electrons. The molecule has 2 aliphatic carbocycles. The lowest BCUT2D eigenvalue weighted by atomic mass is 9.84. The Hall–Kier alpha value is -1.27. The highest BCUT2D eigenvalue weighted by atomic mass is 32.2. The number of fused-ring (bicyclic) bond motifs is 2. The summed E-state index contributed by atoms with van der Waals surface area (Å²) in [7, 11) is -3.70. The van der Waals surface area contributed by atoms with Crippen molar-refractivity contribution >= 4 is 21.4 Å². The Morgan fingerprint density at radius 3 is 2.62 bits per heavy atom. The second-order valence-electron chi connectivity index (χ2n) is 6.57. The summed E-state index contributed by atoms with van der Waals surface area (Å²) >= 11 is 0. The van der Waals surface area contributed by atoms with Gasteiger partial charge < -0.3 is 11.1 Å². The van der Waals surface area contributed by atoms with E-state index in [2.05, 4.69) is 12.2 Å². The van der Waals surface area contributed by atoms with E-state index in [1.165, 1.54) is 37.8 Å². The van der Waals surface area contributed by atoms with E-state index in [1.807, 2.05) is 0 Å². The van der Waals surface area contributed by atoms with Gasteiger partial charge in [0.15, 0.2) is 0 Å². The van der Waals surface area contributed by atoms with E-state index in [0.717, 1.165) is 11.8 Å². The van der Waals surface area contributed by atoms with Gasteiger partial charge in [-0.2, -0.15) is 0 Å². The third-order valence-corrected chi connectivity index (χ3v) is 6.08. The number of anilines is 2. The zero-order chi connectivity index (χ0) is 15.2. The van der Waals surface area contributed by atoms with Crippen molar-refractivity contribution in [3.8, 4) is 0 Å². The summed E-state index contributed by atoms with van der Waals surface area (Å²) in [5, 5.41) is 8.59. The molecule has 0 saturated heterocycles. The van der Waals surface area contributed by atoms with Crippen LogP contribution in [0.5, 0.6) is 0 Å². The molecule has 21 heavy (non-hydrogen) atoms. The monoisotopic (exact) mass is 309 g/mol. The van der Waals surface area contributed by atoms with Gasteiger partial charge >= 0.3 is 0 Å². The Kier molecular flexibility index (Phi) is 3.61. The molecule has 0 aliphatic heterocycles. The van der Waals surface area contributed by atoms with Gasteiger partial charge in [-0.05, 0) is 62.1 Å². The van der Waals surface area contributed by atoms with Gasteiger partial charge in [0.2, 0.25) is 10.0 Å². The highest BCUT2D eigenvalue weighted by Gasteiger charge is 2.41. The van der Waals surface area contributed by atoms with E-state index in [0.29, 0.717) is 23.3 Å². The van der Waals surface area contributed by atoms with Crippen molar-refractivity contribution in [3.05, 3.63) is 18.2 Å². The number of primary sulfonamides is 1. The molecule has 6 heteroatoms. The molecule has 1 aromatic carbocycles. The Morgan fingerprint density at radius 2 is 2.05 bits per heavy atom. The van der Waals surface area contributed by atoms with Crippen LogP contribution >= 0.6 is 0 Å². The maximum atomic E-state index is 11.5. The van der Waals surface area contributed by atoms with Gasteiger partial charge in [-0.1, -0.05) is 6.42 Å². The molecule has 0 aromatic heterocycles. The van der Waals surface area contributed by atoms with Crippen LogP contribution in [0.25, 0.3) is 0 Å². The van der Waals surface area contributed by atoms with Gasteiger partial charge in [-0.25, -0.2) is 13.6 Å². The summed E-state index contributed by atoms with van der Waals surface area (Å²) in [5.41, 5.74) is 7.17. The SMILES string of the molecule is CC(Nc1cc(S(N)(=O)=O)ccc1N)C1CC2CCC1C2. The van der Waals surface area contributed by atoms with E-state index in [4.69, 9.17) is 10.9 Å². The summed E-state index contributed by atoms with van der Waals surface area (Å²) in [5.74, 6) is 2.35. The average Bonchev–Trinajstić information content (AvgIpc) is 3.02. The first-order chi connectivity index (χ1) is 9.84. The second kappa shape index (κ2) is 5.18. The maximum Gasteiger partial charge on any atom is 0.238 e. The largest absolute Gasteiger partial charge is 0.397 e. The fourth-order valence-electron chi connectivity index (χ4n) is 4.10. The van der Waals surface area contributed by atoms with Crippen molar-refractivity contribution in [3.63, 3.8) is 0 Å². The van der Waals surface area contributed by atoms with Gasteiger partial charge in [0, 0.05) is 6.04 Å². The summed E-state index contributed by atoms with van der Waals surface area (Å²) in [6.45, 7) is 2.16. The van der Waals surface area contributed by atoms with Crippen molar-refractivity contribution in [2.24, 2.45) is 22.9 Å². The zero-order valence-corrected chi connectivity index (χ0v) is 13.1. The fourth-order valence-corrected chi connectivity index (χ4v) is 4.64. The predicted molar refractivity (Wildman–Crippen MR) is 84.3 cm³/mol. The van der Waals surface area contributed by atoms with E-state index in [1.54, 1.807) is 6.07 Å². The Morgan fingerprint density at radius 1 is 1.29 bits per heavy atom. The number of benzene rings is 1. The second-order valence-corrected chi connectivity index (χ2v) is 8.13. The lowest BCUT2D eigenvalue weighted by Gasteiger charge is -2.29. The normalized spacial score (nSPS) is 29.5. The van der Waals surface area contributed by atoms with Crippen LogP contribution in [-0.4, -0.2) is 14.5 Å². The van der Waals surface area contributed by atoms with Crippen LogP contribution in [0.1, 0.15) is 32.6 Å². The van der Waals surface area contributed by atoms with Crippen molar-refractivity contribution in [1.82, 2.24) is 0 Å². The number of sulfonamides is 1. The lowest BCUT2D eigenvalue weighted by Crippen LogP contribution is -2.30. The first-order valence-corrected chi connectivity index (χ1v) is 9.08. The summed E-state index contributed by atoms with van der Waals surface area (Å²) in [6, 6.07) is 4.86. The van der Waals surface area contributed by atoms with E-state index in [-0.39, 0.29) is 4.90 Å². The fraction of sp³-hybridized carbons (Fsp3) is 0.600. The zero-order valence-electron chi connectivity index (χ0n) is 12.2. The Balaban J connectivity index is 1.78. The average molecular weight is 309 g/mol. The Bertz CT molecular complexity index is 644. The molecule has 5 nitrogen and oxygen atoms in total. The summed E-state index contributed by atoms with van der Waals surface area (Å²) in [4.78, 5) is 0.0966. The number of hydrogen-bond donors (Lipinski definition) is 3. The predicted octanol–water partition coefficient (Wildman–Crippen LogP) is 2.15. The molecule has 2 aliphatic rings. The molecule has 2 saturated carbocycles. The molecule has 0 amide bonds. The van der Waals surface area contributed by atoms with E-state index in [9.17, 15) is 8.42 Å². The number of rotatable bonds is 4. The molecule has 5 N–H and O–H groups in total. The number of hydrogen-bond acceptors (Lipinski definition) is 4. The van der Waals surface area contributed by atoms with Gasteiger partial charge in [-0.3, -0.25) is 0 Å². The van der Waals surface area contributed by atoms with Crippen LogP contribution in [0, 0.1) is 17.8 Å². The van der Waals surface area contributed by atoms with E-state index >= 15 is 0 Å². The molecular weight excluding hydrogens is 286 g/mol. The summed E-state index contributed by atoms with van der Waals surface area (Å²) < 4.78 is 22.9. The quantitative estimate of drug-likeness (QED) is 0.742. The van der Waals surface area contributed by atoms with Gasteiger partial charge in [0.05, 0.1) is 16.3 Å². The highest BCUT2D eigenvalue weighted by molar-refractivity contribution is 7.89. The smallest absolute Gasteiger partial charge is 0.238 e. The molecule has 1 aromatic rings. The molecule has 0 spiro atoms. The van der Waals surface area contributed by atoms with Crippen molar-refractivity contribution in [1.29, 1.82) is 0 Å². The molecule has 2 bridgehead atoms. The van der Waals surface area contributed by atoms with Crippen LogP contribution in [-0.2, 0) is 10.0 Å². The molecule has 4 atom stereocenters. The Labute approximate surface area is 126 Å². The molecule has 3 rings (SSSR count). The molecule has 4 unspecified atom stereocenters. The maximum absolute atomic E-state index is 11.5. The number of nitrogens with one attached hydrogen (secondary N) is 1. The lowest BCUT2D eigenvalue weighted by molar-refractivity contribution is 0.304. The van der Waals surface area contributed by atoms with Gasteiger partial charge in [0.25, 0.3) is 0 Å². The summed E-state index contributed by atoms with van der Waals surface area (Å²) in [6.07, 6.45) is 5.32. The molecule has 2 fully saturated rings. The molecular formula is C15H23N3O2S. The van der Waals surface area contributed by atoms with Gasteiger partial charge in [-0.15, -0.1) is 0 Å². The minimum atomic E-state index is -3.70. The highest BCUT2D eigenvalue weighted by Crippen LogP contribution is 2.50. The third kappa shape index (κ3) is 2.87. The first kappa shape index (κ1) is 14.7. The first-order valence-electron chi connectivity index (χ1n) is 7.53. The van der Waals surface area contributed by atoms with Gasteiger partial charge in [0.1, 0.15) is 0 Å². The van der Waals surface area contributed by atoms with Crippen LogP contribution in [0.15, 0.2) is 23.1 Å². The van der Waals surface area contributed by atoms with Crippen LogP contribution in [0.2, 0.25) is 0 Å². The molecule has 0 heterocycles.